The molecule has 0 unspecified atom stereocenters. The predicted molar refractivity (Wildman–Crippen MR) is 121 cm³/mol. The Labute approximate surface area is 190 Å². The fraction of sp³-hybridized carbons (Fsp3) is 0.143. The molecule has 0 radical (unpaired) electrons. The Kier molecular flexibility index (Phi) is 5.79. The number of aromatic nitrogens is 4. The maximum absolute atomic E-state index is 12.9. The lowest BCUT2D eigenvalue weighted by Crippen LogP contribution is -2.19. The van der Waals surface area contributed by atoms with Gasteiger partial charge in [0.05, 0.1) is 22.5 Å². The van der Waals surface area contributed by atoms with Crippen molar-refractivity contribution in [1.29, 1.82) is 0 Å². The second kappa shape index (κ2) is 8.52. The van der Waals surface area contributed by atoms with Gasteiger partial charge in [-0.25, -0.2) is 4.98 Å². The molecule has 3 heterocycles. The molecule has 1 aromatic carbocycles. The zero-order valence-corrected chi connectivity index (χ0v) is 18.9. The standard InChI is InChI=1S/C21H17BrClN5O3/c1-11(2)15-10-19(29)26-21(24-15)28-18(9-16(27-28)17-4-3-7-31-17)25-20(30)13-8-12(22)5-6-14(13)23/h3-11H,1-2H3,(H,25,30)(H,24,26,29). The van der Waals surface area contributed by atoms with Crippen LogP contribution in [-0.2, 0) is 0 Å². The van der Waals surface area contributed by atoms with Gasteiger partial charge in [0.25, 0.3) is 11.5 Å². The van der Waals surface area contributed by atoms with E-state index in [0.29, 0.717) is 26.6 Å². The van der Waals surface area contributed by atoms with Crippen LogP contribution in [0.25, 0.3) is 17.4 Å². The molecule has 0 aliphatic rings. The van der Waals surface area contributed by atoms with Crippen LogP contribution in [0.1, 0.15) is 35.8 Å². The number of halogens is 2. The molecule has 10 heteroatoms. The summed E-state index contributed by atoms with van der Waals surface area (Å²) < 4.78 is 7.49. The molecule has 8 nitrogen and oxygen atoms in total. The molecule has 3 aromatic heterocycles. The van der Waals surface area contributed by atoms with Crippen molar-refractivity contribution in [3.05, 3.63) is 79.8 Å². The van der Waals surface area contributed by atoms with Gasteiger partial charge in [-0.1, -0.05) is 41.4 Å². The van der Waals surface area contributed by atoms with Crippen LogP contribution in [0.15, 0.2) is 62.4 Å². The summed E-state index contributed by atoms with van der Waals surface area (Å²) in [6.45, 7) is 3.86. The minimum Gasteiger partial charge on any atom is -0.463 e. The van der Waals surface area contributed by atoms with E-state index in [0.717, 1.165) is 0 Å². The third-order valence-electron chi connectivity index (χ3n) is 4.44. The summed E-state index contributed by atoms with van der Waals surface area (Å²) in [7, 11) is 0. The van der Waals surface area contributed by atoms with Gasteiger partial charge in [0.15, 0.2) is 5.76 Å². The van der Waals surface area contributed by atoms with E-state index in [1.54, 1.807) is 36.4 Å². The van der Waals surface area contributed by atoms with E-state index < -0.39 is 5.91 Å². The summed E-state index contributed by atoms with van der Waals surface area (Å²) in [5, 5.41) is 7.58. The van der Waals surface area contributed by atoms with Crippen molar-refractivity contribution < 1.29 is 9.21 Å². The number of carbonyl (C=O) groups excluding carboxylic acids is 1. The molecule has 0 fully saturated rings. The number of nitrogens with one attached hydrogen (secondary N) is 2. The highest BCUT2D eigenvalue weighted by Gasteiger charge is 2.19. The monoisotopic (exact) mass is 501 g/mol. The topological polar surface area (TPSA) is 106 Å². The average Bonchev–Trinajstić information content (AvgIpc) is 3.39. The highest BCUT2D eigenvalue weighted by Crippen LogP contribution is 2.26. The zero-order chi connectivity index (χ0) is 22.1. The first kappa shape index (κ1) is 21.1. The van der Waals surface area contributed by atoms with Crippen LogP contribution in [0.5, 0.6) is 0 Å². The first-order chi connectivity index (χ1) is 14.8. The second-order valence-corrected chi connectivity index (χ2v) is 8.35. The Hall–Kier alpha value is -3.17. The van der Waals surface area contributed by atoms with Crippen molar-refractivity contribution in [1.82, 2.24) is 19.7 Å². The van der Waals surface area contributed by atoms with Crippen LogP contribution >= 0.6 is 27.5 Å². The van der Waals surface area contributed by atoms with Crippen LogP contribution in [0, 0.1) is 0 Å². The molecule has 0 aliphatic heterocycles. The van der Waals surface area contributed by atoms with E-state index in [4.69, 9.17) is 16.0 Å². The summed E-state index contributed by atoms with van der Waals surface area (Å²) in [5.74, 6) is 0.540. The molecule has 0 aliphatic carbocycles. The average molecular weight is 503 g/mol. The fourth-order valence-electron chi connectivity index (χ4n) is 2.89. The van der Waals surface area contributed by atoms with Gasteiger partial charge in [-0.2, -0.15) is 9.78 Å². The van der Waals surface area contributed by atoms with E-state index in [1.165, 1.54) is 17.0 Å². The number of H-pyrrole nitrogens is 1. The quantitative estimate of drug-likeness (QED) is 0.399. The minimum atomic E-state index is -0.444. The second-order valence-electron chi connectivity index (χ2n) is 7.03. The van der Waals surface area contributed by atoms with Gasteiger partial charge < -0.3 is 9.73 Å². The Morgan fingerprint density at radius 2 is 2.06 bits per heavy atom. The largest absolute Gasteiger partial charge is 0.463 e. The molecule has 1 amide bonds. The van der Waals surface area contributed by atoms with Crippen molar-refractivity contribution in [3.63, 3.8) is 0 Å². The summed E-state index contributed by atoms with van der Waals surface area (Å²) >= 11 is 9.54. The van der Waals surface area contributed by atoms with Gasteiger partial charge >= 0.3 is 0 Å². The van der Waals surface area contributed by atoms with Gasteiger partial charge in [-0.05, 0) is 36.2 Å². The maximum atomic E-state index is 12.9. The van der Waals surface area contributed by atoms with Crippen LogP contribution in [0.3, 0.4) is 0 Å². The van der Waals surface area contributed by atoms with Gasteiger partial charge in [0.1, 0.15) is 11.5 Å². The highest BCUT2D eigenvalue weighted by molar-refractivity contribution is 9.10. The van der Waals surface area contributed by atoms with Crippen LogP contribution in [0.4, 0.5) is 5.82 Å². The Morgan fingerprint density at radius 3 is 2.77 bits per heavy atom. The number of rotatable bonds is 5. The van der Waals surface area contributed by atoms with Crippen molar-refractivity contribution >= 4 is 39.3 Å². The number of hydrogen-bond acceptors (Lipinski definition) is 5. The van der Waals surface area contributed by atoms with Crippen molar-refractivity contribution in [2.75, 3.05) is 5.32 Å². The molecule has 0 bridgehead atoms. The van der Waals surface area contributed by atoms with E-state index in [9.17, 15) is 9.59 Å². The predicted octanol–water partition coefficient (Wildman–Crippen LogP) is 5.01. The lowest BCUT2D eigenvalue weighted by Gasteiger charge is -2.11. The minimum absolute atomic E-state index is 0.0275. The van der Waals surface area contributed by atoms with Crippen molar-refractivity contribution in [2.24, 2.45) is 0 Å². The van der Waals surface area contributed by atoms with Gasteiger partial charge in [-0.3, -0.25) is 14.6 Å². The Bertz CT molecular complexity index is 1310. The number of furan rings is 1. The van der Waals surface area contributed by atoms with E-state index in [-0.39, 0.29) is 28.8 Å². The highest BCUT2D eigenvalue weighted by atomic mass is 79.9. The number of anilines is 1. The smallest absolute Gasteiger partial charge is 0.258 e. The summed E-state index contributed by atoms with van der Waals surface area (Å²) in [6.07, 6.45) is 1.52. The molecular weight excluding hydrogens is 486 g/mol. The van der Waals surface area contributed by atoms with Crippen LogP contribution < -0.4 is 10.9 Å². The Morgan fingerprint density at radius 1 is 1.26 bits per heavy atom. The van der Waals surface area contributed by atoms with Crippen LogP contribution in [0.2, 0.25) is 5.02 Å². The fourth-order valence-corrected chi connectivity index (χ4v) is 3.46. The summed E-state index contributed by atoms with van der Waals surface area (Å²) in [4.78, 5) is 32.3. The molecule has 0 spiro atoms. The molecule has 4 aromatic rings. The first-order valence-corrected chi connectivity index (χ1v) is 10.5. The van der Waals surface area contributed by atoms with E-state index in [1.807, 2.05) is 13.8 Å². The van der Waals surface area contributed by atoms with Crippen molar-refractivity contribution in [3.8, 4) is 17.4 Å². The molecular formula is C21H17BrClN5O3. The molecule has 0 atom stereocenters. The third-order valence-corrected chi connectivity index (χ3v) is 5.26. The van der Waals surface area contributed by atoms with Crippen molar-refractivity contribution in [2.45, 2.75) is 19.8 Å². The van der Waals surface area contributed by atoms with Crippen LogP contribution in [-0.4, -0.2) is 25.7 Å². The molecule has 31 heavy (non-hydrogen) atoms. The lowest BCUT2D eigenvalue weighted by atomic mass is 10.1. The molecule has 158 valence electrons. The number of amides is 1. The maximum Gasteiger partial charge on any atom is 0.258 e. The first-order valence-electron chi connectivity index (χ1n) is 9.34. The summed E-state index contributed by atoms with van der Waals surface area (Å²) in [6, 6.07) is 11.5. The number of carbonyl (C=O) groups is 1. The Balaban J connectivity index is 1.81. The lowest BCUT2D eigenvalue weighted by molar-refractivity contribution is 0.102. The van der Waals surface area contributed by atoms with Gasteiger partial charge in [0.2, 0.25) is 5.95 Å². The van der Waals surface area contributed by atoms with Gasteiger partial charge in [-0.15, -0.1) is 0 Å². The molecule has 0 saturated carbocycles. The zero-order valence-electron chi connectivity index (χ0n) is 16.5. The molecule has 4 rings (SSSR count). The van der Waals surface area contributed by atoms with Gasteiger partial charge in [0, 0.05) is 16.6 Å². The number of hydrogen-bond donors (Lipinski definition) is 2. The van der Waals surface area contributed by atoms with E-state index in [2.05, 4.69) is 36.3 Å². The number of benzene rings is 1. The number of nitrogens with zero attached hydrogens (tertiary/aromatic N) is 3. The third kappa shape index (κ3) is 4.47. The number of aromatic amines is 1. The van der Waals surface area contributed by atoms with E-state index >= 15 is 0 Å². The summed E-state index contributed by atoms with van der Waals surface area (Å²) in [5.41, 5.74) is 1.01. The normalized spacial score (nSPS) is 11.1. The molecule has 2 N–H and O–H groups in total. The SMILES string of the molecule is CC(C)c1cc(=O)[nH]c(-n2nc(-c3ccco3)cc2NC(=O)c2cc(Br)ccc2Cl)n1. The molecule has 0 saturated heterocycles.